The van der Waals surface area contributed by atoms with Crippen molar-refractivity contribution in [2.45, 2.75) is 35.8 Å². The molecule has 1 atom stereocenters. The number of benzene rings is 2. The van der Waals surface area contributed by atoms with Crippen molar-refractivity contribution in [2.75, 3.05) is 26.2 Å². The van der Waals surface area contributed by atoms with Crippen LogP contribution in [0.2, 0.25) is 15.1 Å². The molecule has 166 valence electrons. The summed E-state index contributed by atoms with van der Waals surface area (Å²) in [5.74, 6) is 0.519. The van der Waals surface area contributed by atoms with Crippen LogP contribution < -0.4 is 4.74 Å². The van der Waals surface area contributed by atoms with Crippen molar-refractivity contribution < 1.29 is 14.6 Å². The summed E-state index contributed by atoms with van der Waals surface area (Å²) >= 11 is 20.3. The van der Waals surface area contributed by atoms with Crippen molar-refractivity contribution in [3.05, 3.63) is 56.5 Å². The quantitative estimate of drug-likeness (QED) is 0.466. The van der Waals surface area contributed by atoms with Gasteiger partial charge < -0.3 is 14.7 Å². The van der Waals surface area contributed by atoms with Crippen LogP contribution >= 0.6 is 46.6 Å². The maximum Gasteiger partial charge on any atom is 0.307 e. The number of carbonyl (C=O) groups is 1. The number of nitrogens with zero attached hydrogens (tertiary/aromatic N) is 1. The van der Waals surface area contributed by atoms with Crippen LogP contribution in [-0.2, 0) is 16.0 Å². The van der Waals surface area contributed by atoms with Crippen LogP contribution in [0.5, 0.6) is 5.75 Å². The minimum atomic E-state index is -0.735. The Morgan fingerprint density at radius 2 is 1.87 bits per heavy atom. The van der Waals surface area contributed by atoms with Crippen molar-refractivity contribution in [3.63, 3.8) is 0 Å². The molecule has 4 nitrogen and oxygen atoms in total. The first-order chi connectivity index (χ1) is 14.8. The topological polar surface area (TPSA) is 49.8 Å². The van der Waals surface area contributed by atoms with Gasteiger partial charge in [0.25, 0.3) is 0 Å². The second kappa shape index (κ2) is 9.40. The van der Waals surface area contributed by atoms with Crippen LogP contribution in [-0.4, -0.2) is 42.2 Å². The average Bonchev–Trinajstić information content (AvgIpc) is 3.06. The molecule has 0 amide bonds. The Labute approximate surface area is 201 Å². The molecule has 0 bridgehead atoms. The summed E-state index contributed by atoms with van der Waals surface area (Å²) in [7, 11) is 0. The standard InChI is InChI=1S/C23H24Cl3NO3S/c1-14(22(28)29)11-27-6-4-23(5-7-27)13-30-21-10-16(2-3-18(21)23)31-12-17-19(25)8-15(24)9-20(17)26/h2-3,8-10,14H,4-7,11-13H2,1H3,(H,28,29). The number of hydrogen-bond donors (Lipinski definition) is 1. The number of halogens is 3. The minimum Gasteiger partial charge on any atom is -0.492 e. The second-order valence-corrected chi connectivity index (χ2v) is 10.7. The Morgan fingerprint density at radius 3 is 2.52 bits per heavy atom. The number of rotatable bonds is 6. The molecule has 1 saturated heterocycles. The molecule has 0 aliphatic carbocycles. The molecule has 1 unspecified atom stereocenters. The first kappa shape index (κ1) is 23.1. The van der Waals surface area contributed by atoms with E-state index in [0.29, 0.717) is 34.0 Å². The van der Waals surface area contributed by atoms with E-state index < -0.39 is 5.97 Å². The minimum absolute atomic E-state index is 0.0320. The first-order valence-electron chi connectivity index (χ1n) is 10.3. The monoisotopic (exact) mass is 499 g/mol. The molecule has 2 heterocycles. The number of carboxylic acid groups (broad SMARTS) is 1. The van der Waals surface area contributed by atoms with Crippen molar-refractivity contribution in [1.29, 1.82) is 0 Å². The number of fused-ring (bicyclic) bond motifs is 2. The average molecular weight is 501 g/mol. The Balaban J connectivity index is 1.41. The zero-order valence-corrected chi connectivity index (χ0v) is 20.3. The van der Waals surface area contributed by atoms with Crippen molar-refractivity contribution in [3.8, 4) is 5.75 Å². The van der Waals surface area contributed by atoms with E-state index in [9.17, 15) is 4.79 Å². The number of thioether (sulfide) groups is 1. The van der Waals surface area contributed by atoms with Gasteiger partial charge in [-0.3, -0.25) is 4.79 Å². The van der Waals surface area contributed by atoms with Gasteiger partial charge in [0.2, 0.25) is 0 Å². The van der Waals surface area contributed by atoms with Gasteiger partial charge in [-0.1, -0.05) is 47.8 Å². The molecule has 31 heavy (non-hydrogen) atoms. The lowest BCUT2D eigenvalue weighted by molar-refractivity contribution is -0.141. The fourth-order valence-corrected chi connectivity index (χ4v) is 6.44. The molecular formula is C23H24Cl3NO3S. The third-order valence-corrected chi connectivity index (χ3v) is 8.20. The van der Waals surface area contributed by atoms with E-state index in [0.717, 1.165) is 42.1 Å². The summed E-state index contributed by atoms with van der Waals surface area (Å²) in [6, 6.07) is 9.85. The van der Waals surface area contributed by atoms with E-state index in [1.54, 1.807) is 30.8 Å². The summed E-state index contributed by atoms with van der Waals surface area (Å²) in [6.45, 7) is 4.84. The number of likely N-dealkylation sites (tertiary alicyclic amines) is 1. The maximum atomic E-state index is 11.1. The number of carboxylic acids is 1. The molecule has 1 spiro atoms. The Kier molecular flexibility index (Phi) is 6.99. The van der Waals surface area contributed by atoms with Gasteiger partial charge in [-0.25, -0.2) is 0 Å². The smallest absolute Gasteiger partial charge is 0.307 e. The predicted octanol–water partition coefficient (Wildman–Crippen LogP) is 6.39. The van der Waals surface area contributed by atoms with Gasteiger partial charge in [0, 0.05) is 43.2 Å². The van der Waals surface area contributed by atoms with E-state index in [4.69, 9.17) is 44.6 Å². The molecule has 2 aliphatic heterocycles. The van der Waals surface area contributed by atoms with Crippen LogP contribution in [0.4, 0.5) is 0 Å². The van der Waals surface area contributed by atoms with Crippen LogP contribution in [0.3, 0.4) is 0 Å². The molecule has 2 aromatic rings. The molecule has 0 saturated carbocycles. The van der Waals surface area contributed by atoms with Gasteiger partial charge in [0.1, 0.15) is 5.75 Å². The summed E-state index contributed by atoms with van der Waals surface area (Å²) in [4.78, 5) is 14.5. The highest BCUT2D eigenvalue weighted by Gasteiger charge is 2.43. The number of piperidine rings is 1. The van der Waals surface area contributed by atoms with Crippen LogP contribution in [0.1, 0.15) is 30.9 Å². The second-order valence-electron chi connectivity index (χ2n) is 8.40. The van der Waals surface area contributed by atoms with Gasteiger partial charge in [-0.15, -0.1) is 11.8 Å². The largest absolute Gasteiger partial charge is 0.492 e. The van der Waals surface area contributed by atoms with Gasteiger partial charge in [0.05, 0.1) is 12.5 Å². The van der Waals surface area contributed by atoms with Gasteiger partial charge in [-0.05, 0) is 55.8 Å². The fourth-order valence-electron chi connectivity index (χ4n) is 4.35. The number of ether oxygens (including phenoxy) is 1. The molecule has 2 aliphatic rings. The summed E-state index contributed by atoms with van der Waals surface area (Å²) in [5, 5.41) is 10.8. The molecule has 8 heteroatoms. The normalized spacial score (nSPS) is 18.6. The lowest BCUT2D eigenvalue weighted by Gasteiger charge is -2.39. The Bertz CT molecular complexity index is 969. The van der Waals surface area contributed by atoms with Crippen LogP contribution in [0.15, 0.2) is 35.2 Å². The SMILES string of the molecule is CC(CN1CCC2(CC1)COc1cc(SCc3c(Cl)cc(Cl)cc3Cl)ccc12)C(=O)O. The maximum absolute atomic E-state index is 11.1. The summed E-state index contributed by atoms with van der Waals surface area (Å²) < 4.78 is 6.11. The van der Waals surface area contributed by atoms with Gasteiger partial charge >= 0.3 is 5.97 Å². The Morgan fingerprint density at radius 1 is 1.19 bits per heavy atom. The molecule has 0 aromatic heterocycles. The highest BCUT2D eigenvalue weighted by Crippen LogP contribution is 2.47. The van der Waals surface area contributed by atoms with E-state index in [1.807, 2.05) is 0 Å². The number of hydrogen-bond acceptors (Lipinski definition) is 4. The third kappa shape index (κ3) is 4.96. The number of aliphatic carboxylic acids is 1. The van der Waals surface area contributed by atoms with Crippen LogP contribution in [0.25, 0.3) is 0 Å². The molecule has 0 radical (unpaired) electrons. The zero-order valence-electron chi connectivity index (χ0n) is 17.2. The molecule has 1 fully saturated rings. The lowest BCUT2D eigenvalue weighted by Crippen LogP contribution is -2.45. The molecular weight excluding hydrogens is 477 g/mol. The van der Waals surface area contributed by atoms with Gasteiger partial charge in [-0.2, -0.15) is 0 Å². The Hall–Kier alpha value is -1.11. The first-order valence-corrected chi connectivity index (χ1v) is 12.4. The van der Waals surface area contributed by atoms with Crippen molar-refractivity contribution in [2.24, 2.45) is 5.92 Å². The van der Waals surface area contributed by atoms with E-state index >= 15 is 0 Å². The zero-order chi connectivity index (χ0) is 22.2. The molecule has 1 N–H and O–H groups in total. The van der Waals surface area contributed by atoms with Crippen LogP contribution in [0, 0.1) is 5.92 Å². The highest BCUT2D eigenvalue weighted by atomic mass is 35.5. The predicted molar refractivity (Wildman–Crippen MR) is 127 cm³/mol. The van der Waals surface area contributed by atoms with E-state index in [2.05, 4.69) is 23.1 Å². The summed E-state index contributed by atoms with van der Waals surface area (Å²) in [5.41, 5.74) is 2.17. The fraction of sp³-hybridized carbons (Fsp3) is 0.435. The third-order valence-electron chi connectivity index (χ3n) is 6.28. The lowest BCUT2D eigenvalue weighted by atomic mass is 9.74. The highest BCUT2D eigenvalue weighted by molar-refractivity contribution is 7.98. The van der Waals surface area contributed by atoms with Gasteiger partial charge in [0.15, 0.2) is 0 Å². The van der Waals surface area contributed by atoms with Crippen molar-refractivity contribution in [1.82, 2.24) is 4.90 Å². The summed E-state index contributed by atoms with van der Waals surface area (Å²) in [6.07, 6.45) is 1.96. The molecule has 4 rings (SSSR count). The van der Waals surface area contributed by atoms with E-state index in [-0.39, 0.29) is 11.3 Å². The van der Waals surface area contributed by atoms with Crippen molar-refractivity contribution >= 4 is 52.5 Å². The molecule has 2 aromatic carbocycles. The van der Waals surface area contributed by atoms with E-state index in [1.165, 1.54) is 5.56 Å².